The summed E-state index contributed by atoms with van der Waals surface area (Å²) in [6, 6.07) is 16.3. The number of ether oxygens (including phenoxy) is 1. The second-order valence-electron chi connectivity index (χ2n) is 8.19. The van der Waals surface area contributed by atoms with E-state index in [2.05, 4.69) is 67.1 Å². The van der Waals surface area contributed by atoms with Crippen molar-refractivity contribution in [2.24, 2.45) is 11.0 Å². The van der Waals surface area contributed by atoms with Crippen LogP contribution in [0.1, 0.15) is 35.4 Å². The van der Waals surface area contributed by atoms with Crippen molar-refractivity contribution in [1.82, 2.24) is 10.7 Å². The molecule has 2 amide bonds. The summed E-state index contributed by atoms with van der Waals surface area (Å²) in [6.07, 6.45) is 1.81. The fraction of sp³-hybridized carbons (Fsp3) is 0.231. The molecule has 0 aliphatic rings. The highest BCUT2D eigenvalue weighted by Crippen LogP contribution is 2.29. The molecule has 36 heavy (non-hydrogen) atoms. The van der Waals surface area contributed by atoms with Gasteiger partial charge in [-0.05, 0) is 97.9 Å². The van der Waals surface area contributed by atoms with Gasteiger partial charge in [0.15, 0.2) is 0 Å². The number of nitrogens with one attached hydrogen (secondary N) is 2. The van der Waals surface area contributed by atoms with E-state index in [4.69, 9.17) is 10.00 Å². The summed E-state index contributed by atoms with van der Waals surface area (Å²) in [6.45, 7) is 4.14. The molecule has 1 heterocycles. The van der Waals surface area contributed by atoms with E-state index in [9.17, 15) is 9.59 Å². The lowest BCUT2D eigenvalue weighted by Gasteiger charge is -2.20. The van der Waals surface area contributed by atoms with E-state index in [-0.39, 0.29) is 24.2 Å². The molecule has 186 valence electrons. The van der Waals surface area contributed by atoms with Crippen LogP contribution in [-0.4, -0.2) is 24.1 Å². The Morgan fingerprint density at radius 1 is 1.17 bits per heavy atom. The Morgan fingerprint density at radius 2 is 1.86 bits per heavy atom. The predicted molar refractivity (Wildman–Crippen MR) is 158 cm³/mol. The molecule has 7 nitrogen and oxygen atoms in total. The normalized spacial score (nSPS) is 11.8. The zero-order chi connectivity index (χ0) is 26.1. The van der Waals surface area contributed by atoms with Crippen LogP contribution < -0.4 is 15.5 Å². The van der Waals surface area contributed by atoms with Gasteiger partial charge in [0.2, 0.25) is 5.91 Å². The zero-order valence-corrected chi connectivity index (χ0v) is 24.8. The average Bonchev–Trinajstić information content (AvgIpc) is 3.35. The van der Waals surface area contributed by atoms with E-state index in [1.54, 1.807) is 18.3 Å². The summed E-state index contributed by atoms with van der Waals surface area (Å²) >= 11 is 5.91. The third kappa shape index (κ3) is 8.28. The highest BCUT2D eigenvalue weighted by molar-refractivity contribution is 14.1. The Morgan fingerprint density at radius 3 is 2.44 bits per heavy atom. The first-order valence-electron chi connectivity index (χ1n) is 11.0. The monoisotopic (exact) mass is 726 g/mol. The standard InChI is InChI=1S/C26H24I2N4O3S/c1-16(2)24(31-23(33)12-20-4-3-9-36-20)26(34)32-30-14-19-10-21(27)25(22(28)11-19)35-15-18-7-5-17(13-29)6-8-18/h3-11,14,16,24H,12,15H2,1-2H3,(H,31,33)(H,32,34)/b30-14-/t24-/m0/s1. The number of hydrazone groups is 1. The number of carbonyl (C=O) groups is 2. The Balaban J connectivity index is 1.58. The summed E-state index contributed by atoms with van der Waals surface area (Å²) in [5.74, 6) is 0.0977. The Bertz CT molecular complexity index is 1250. The van der Waals surface area contributed by atoms with Crippen molar-refractivity contribution >= 4 is 74.5 Å². The lowest BCUT2D eigenvalue weighted by Crippen LogP contribution is -2.49. The zero-order valence-electron chi connectivity index (χ0n) is 19.6. The molecule has 0 saturated carbocycles. The Kier molecular flexibility index (Phi) is 10.7. The third-order valence-corrected chi connectivity index (χ3v) is 7.53. The van der Waals surface area contributed by atoms with Gasteiger partial charge in [0.1, 0.15) is 18.4 Å². The molecule has 0 saturated heterocycles. The average molecular weight is 726 g/mol. The topological polar surface area (TPSA) is 104 Å². The van der Waals surface area contributed by atoms with Crippen LogP contribution in [-0.2, 0) is 22.6 Å². The molecule has 10 heteroatoms. The van der Waals surface area contributed by atoms with Gasteiger partial charge in [0.25, 0.3) is 5.91 Å². The second-order valence-corrected chi connectivity index (χ2v) is 11.5. The fourth-order valence-electron chi connectivity index (χ4n) is 3.19. The molecule has 1 atom stereocenters. The van der Waals surface area contributed by atoms with Gasteiger partial charge in [-0.3, -0.25) is 9.59 Å². The van der Waals surface area contributed by atoms with Gasteiger partial charge in [0, 0.05) is 4.88 Å². The molecule has 3 rings (SSSR count). The minimum Gasteiger partial charge on any atom is -0.487 e. The SMILES string of the molecule is CC(C)[C@H](NC(=O)Cc1cccs1)C(=O)N/N=C\c1cc(I)c(OCc2ccc(C#N)cc2)c(I)c1. The van der Waals surface area contributed by atoms with Crippen LogP contribution in [0.2, 0.25) is 0 Å². The molecule has 0 aliphatic heterocycles. The number of hydrogen-bond acceptors (Lipinski definition) is 6. The summed E-state index contributed by atoms with van der Waals surface area (Å²) in [5, 5.41) is 17.8. The van der Waals surface area contributed by atoms with Crippen molar-refractivity contribution in [2.45, 2.75) is 32.9 Å². The first kappa shape index (κ1) is 28.1. The van der Waals surface area contributed by atoms with E-state index in [0.29, 0.717) is 12.2 Å². The molecule has 0 aliphatic carbocycles. The van der Waals surface area contributed by atoms with Gasteiger partial charge in [-0.25, -0.2) is 5.43 Å². The fourth-order valence-corrected chi connectivity index (χ4v) is 6.02. The van der Waals surface area contributed by atoms with Crippen molar-refractivity contribution in [2.75, 3.05) is 0 Å². The number of nitriles is 1. The summed E-state index contributed by atoms with van der Waals surface area (Å²) < 4.78 is 7.81. The molecule has 2 aromatic carbocycles. The van der Waals surface area contributed by atoms with E-state index < -0.39 is 6.04 Å². The summed E-state index contributed by atoms with van der Waals surface area (Å²) in [7, 11) is 0. The molecule has 0 spiro atoms. The molecule has 0 radical (unpaired) electrons. The van der Waals surface area contributed by atoms with Crippen LogP contribution in [0.15, 0.2) is 59.0 Å². The van der Waals surface area contributed by atoms with Gasteiger partial charge in [-0.15, -0.1) is 11.3 Å². The number of amides is 2. The number of carbonyl (C=O) groups excluding carboxylic acids is 2. The number of rotatable bonds is 10. The number of halogens is 2. The second kappa shape index (κ2) is 13.7. The first-order valence-corrected chi connectivity index (χ1v) is 14.1. The van der Waals surface area contributed by atoms with Gasteiger partial charge in [-0.2, -0.15) is 10.4 Å². The van der Waals surface area contributed by atoms with Gasteiger partial charge < -0.3 is 10.1 Å². The lowest BCUT2D eigenvalue weighted by molar-refractivity contribution is -0.129. The molecular formula is C26H24I2N4O3S. The van der Waals surface area contributed by atoms with E-state index in [1.807, 2.05) is 55.6 Å². The molecular weight excluding hydrogens is 702 g/mol. The number of thiophene rings is 1. The molecule has 1 aromatic heterocycles. The van der Waals surface area contributed by atoms with Gasteiger partial charge in [-0.1, -0.05) is 32.0 Å². The Hall–Kier alpha value is -2.50. The Labute approximate surface area is 241 Å². The van der Waals surface area contributed by atoms with Gasteiger partial charge >= 0.3 is 0 Å². The van der Waals surface area contributed by atoms with Crippen LogP contribution in [0.4, 0.5) is 0 Å². The summed E-state index contributed by atoms with van der Waals surface area (Å²) in [4.78, 5) is 26.0. The maximum absolute atomic E-state index is 12.7. The maximum atomic E-state index is 12.7. The summed E-state index contributed by atoms with van der Waals surface area (Å²) in [5.41, 5.74) is 4.93. The van der Waals surface area contributed by atoms with Crippen molar-refractivity contribution in [3.63, 3.8) is 0 Å². The predicted octanol–water partition coefficient (Wildman–Crippen LogP) is 5.24. The smallest absolute Gasteiger partial charge is 0.262 e. The van der Waals surface area contributed by atoms with Crippen molar-refractivity contribution in [3.8, 4) is 11.8 Å². The molecule has 0 bridgehead atoms. The lowest BCUT2D eigenvalue weighted by atomic mass is 10.0. The van der Waals surface area contributed by atoms with Crippen LogP contribution in [0.5, 0.6) is 5.75 Å². The van der Waals surface area contributed by atoms with Crippen LogP contribution >= 0.6 is 56.5 Å². The molecule has 0 fully saturated rings. The van der Waals surface area contributed by atoms with E-state index in [1.165, 1.54) is 11.3 Å². The van der Waals surface area contributed by atoms with Crippen LogP contribution in [0, 0.1) is 24.4 Å². The number of nitrogens with zero attached hydrogens (tertiary/aromatic N) is 2. The molecule has 2 N–H and O–H groups in total. The van der Waals surface area contributed by atoms with Gasteiger partial charge in [0.05, 0.1) is 31.4 Å². The van der Waals surface area contributed by atoms with E-state index >= 15 is 0 Å². The van der Waals surface area contributed by atoms with Crippen LogP contribution in [0.25, 0.3) is 0 Å². The van der Waals surface area contributed by atoms with E-state index in [0.717, 1.165) is 28.9 Å². The quantitative estimate of drug-likeness (QED) is 0.170. The largest absolute Gasteiger partial charge is 0.487 e. The minimum atomic E-state index is -0.687. The molecule has 3 aromatic rings. The maximum Gasteiger partial charge on any atom is 0.262 e. The first-order chi connectivity index (χ1) is 17.3. The van der Waals surface area contributed by atoms with Crippen molar-refractivity contribution in [1.29, 1.82) is 5.26 Å². The van der Waals surface area contributed by atoms with Crippen molar-refractivity contribution < 1.29 is 14.3 Å². The highest BCUT2D eigenvalue weighted by Gasteiger charge is 2.24. The van der Waals surface area contributed by atoms with Crippen LogP contribution in [0.3, 0.4) is 0 Å². The molecule has 0 unspecified atom stereocenters. The third-order valence-electron chi connectivity index (χ3n) is 5.06. The minimum absolute atomic E-state index is 0.0954. The number of hydrogen-bond donors (Lipinski definition) is 2. The highest BCUT2D eigenvalue weighted by atomic mass is 127. The van der Waals surface area contributed by atoms with Crippen molar-refractivity contribution in [3.05, 3.63) is 82.6 Å². The number of benzene rings is 2.